The first-order valence-corrected chi connectivity index (χ1v) is 6.19. The van der Waals surface area contributed by atoms with Crippen molar-refractivity contribution in [3.05, 3.63) is 12.0 Å². The fourth-order valence-corrected chi connectivity index (χ4v) is 1.93. The van der Waals surface area contributed by atoms with Crippen LogP contribution in [0.4, 0.5) is 0 Å². The molecule has 0 amide bonds. The van der Waals surface area contributed by atoms with Crippen molar-refractivity contribution in [2.75, 3.05) is 0 Å². The molecule has 1 heterocycles. The Balaban J connectivity index is 2.03. The van der Waals surface area contributed by atoms with E-state index in [1.165, 1.54) is 37.6 Å². The second-order valence-electron chi connectivity index (χ2n) is 3.06. The number of allylic oxidation sites excluding steroid dienone is 1. The Kier molecular flexibility index (Phi) is 5.55. The summed E-state index contributed by atoms with van der Waals surface area (Å²) in [6.07, 6.45) is 8.41. The van der Waals surface area contributed by atoms with Crippen LogP contribution < -0.4 is 4.72 Å². The maximum atomic E-state index is 5.34. The fourth-order valence-electron chi connectivity index (χ4n) is 1.16. The summed E-state index contributed by atoms with van der Waals surface area (Å²) in [5, 5.41) is 0. The Hall–Kier alpha value is 0.0400. The van der Waals surface area contributed by atoms with Crippen molar-refractivity contribution in [3.8, 4) is 0 Å². The third-order valence-electron chi connectivity index (χ3n) is 1.88. The molecule has 2 nitrogen and oxygen atoms in total. The highest BCUT2D eigenvalue weighted by molar-refractivity contribution is 8.09. The molecule has 1 rings (SSSR count). The summed E-state index contributed by atoms with van der Waals surface area (Å²) in [5.74, 6) is 0.876. The van der Waals surface area contributed by atoms with Gasteiger partial charge in [-0.2, -0.15) is 0 Å². The summed E-state index contributed by atoms with van der Waals surface area (Å²) in [5.41, 5.74) is 0. The molecule has 1 N–H and O–H groups in total. The number of thiol groups is 1. The van der Waals surface area contributed by atoms with Crippen LogP contribution >= 0.6 is 24.6 Å². The van der Waals surface area contributed by atoms with E-state index < -0.39 is 0 Å². The van der Waals surface area contributed by atoms with Crippen LogP contribution in [0, 0.1) is 0 Å². The van der Waals surface area contributed by atoms with E-state index in [1.54, 1.807) is 0 Å². The van der Waals surface area contributed by atoms with Gasteiger partial charge in [0.1, 0.15) is 0 Å². The molecule has 0 aromatic rings. The summed E-state index contributed by atoms with van der Waals surface area (Å²) in [4.78, 5) is 0. The van der Waals surface area contributed by atoms with E-state index in [0.717, 1.165) is 12.3 Å². The molecule has 1 aliphatic rings. The van der Waals surface area contributed by atoms with Crippen molar-refractivity contribution in [3.63, 3.8) is 0 Å². The summed E-state index contributed by atoms with van der Waals surface area (Å²) in [6, 6.07) is 0. The first kappa shape index (κ1) is 11.1. The molecule has 0 bridgehead atoms. The number of unbranched alkanes of at least 4 members (excludes halogenated alkanes) is 4. The van der Waals surface area contributed by atoms with Crippen LogP contribution in [0.2, 0.25) is 0 Å². The van der Waals surface area contributed by atoms with Crippen LogP contribution in [-0.2, 0) is 4.74 Å². The molecule has 13 heavy (non-hydrogen) atoms. The van der Waals surface area contributed by atoms with Crippen LogP contribution in [0.3, 0.4) is 0 Å². The lowest BCUT2D eigenvalue weighted by Crippen LogP contribution is -1.94. The standard InChI is InChI=1S/C9H17NOS2/c1-2-3-4-5-6-7-8-10-13-9(12)11-8/h7,9-10,12H,2-6H2,1H3. The van der Waals surface area contributed by atoms with Crippen LogP contribution in [0.25, 0.3) is 0 Å². The molecule has 4 heteroatoms. The summed E-state index contributed by atoms with van der Waals surface area (Å²) < 4.78 is 8.38. The van der Waals surface area contributed by atoms with Gasteiger partial charge in [-0.25, -0.2) is 0 Å². The molecular weight excluding hydrogens is 202 g/mol. The zero-order valence-corrected chi connectivity index (χ0v) is 9.66. The quantitative estimate of drug-likeness (QED) is 0.421. The van der Waals surface area contributed by atoms with Gasteiger partial charge in [0.05, 0.1) is 0 Å². The average molecular weight is 219 g/mol. The van der Waals surface area contributed by atoms with E-state index in [0.29, 0.717) is 0 Å². The van der Waals surface area contributed by atoms with Crippen molar-refractivity contribution in [1.29, 1.82) is 0 Å². The summed E-state index contributed by atoms with van der Waals surface area (Å²) >= 11 is 5.66. The summed E-state index contributed by atoms with van der Waals surface area (Å²) in [6.45, 7) is 2.22. The van der Waals surface area contributed by atoms with E-state index in [4.69, 9.17) is 4.74 Å². The van der Waals surface area contributed by atoms with Crippen molar-refractivity contribution in [2.24, 2.45) is 0 Å². The molecule has 1 aliphatic heterocycles. The molecule has 0 aromatic carbocycles. The third-order valence-corrected chi connectivity index (χ3v) is 2.91. The lowest BCUT2D eigenvalue weighted by molar-refractivity contribution is 0.257. The van der Waals surface area contributed by atoms with Crippen LogP contribution in [-0.4, -0.2) is 4.77 Å². The van der Waals surface area contributed by atoms with Crippen LogP contribution in [0.15, 0.2) is 12.0 Å². The van der Waals surface area contributed by atoms with E-state index >= 15 is 0 Å². The van der Waals surface area contributed by atoms with Crippen molar-refractivity contribution in [1.82, 2.24) is 4.72 Å². The molecule has 1 saturated heterocycles. The topological polar surface area (TPSA) is 21.3 Å². The largest absolute Gasteiger partial charge is 0.453 e. The Labute approximate surface area is 90.0 Å². The predicted octanol–water partition coefficient (Wildman–Crippen LogP) is 3.28. The van der Waals surface area contributed by atoms with E-state index in [9.17, 15) is 0 Å². The smallest absolute Gasteiger partial charge is 0.208 e. The lowest BCUT2D eigenvalue weighted by Gasteiger charge is -1.99. The van der Waals surface area contributed by atoms with Gasteiger partial charge in [-0.15, -0.1) is 12.6 Å². The van der Waals surface area contributed by atoms with Crippen LogP contribution in [0.1, 0.15) is 39.0 Å². The molecule has 0 spiro atoms. The zero-order valence-electron chi connectivity index (χ0n) is 7.95. The van der Waals surface area contributed by atoms with Gasteiger partial charge in [0.25, 0.3) is 0 Å². The fraction of sp³-hybridized carbons (Fsp3) is 0.778. The van der Waals surface area contributed by atoms with Gasteiger partial charge < -0.3 is 4.74 Å². The number of hydrogen-bond acceptors (Lipinski definition) is 4. The minimum absolute atomic E-state index is 0.0399. The lowest BCUT2D eigenvalue weighted by atomic mass is 10.1. The Morgan fingerprint density at radius 1 is 1.54 bits per heavy atom. The van der Waals surface area contributed by atoms with Gasteiger partial charge in [-0.3, -0.25) is 4.72 Å². The van der Waals surface area contributed by atoms with Crippen LogP contribution in [0.5, 0.6) is 0 Å². The van der Waals surface area contributed by atoms with E-state index in [1.807, 2.05) is 0 Å². The minimum Gasteiger partial charge on any atom is -0.453 e. The Morgan fingerprint density at radius 2 is 2.38 bits per heavy atom. The van der Waals surface area contributed by atoms with Crippen molar-refractivity contribution >= 4 is 24.6 Å². The van der Waals surface area contributed by atoms with Gasteiger partial charge in [0.2, 0.25) is 4.77 Å². The van der Waals surface area contributed by atoms with Crippen molar-refractivity contribution < 1.29 is 4.74 Å². The monoisotopic (exact) mass is 219 g/mol. The predicted molar refractivity (Wildman–Crippen MR) is 61.4 cm³/mol. The van der Waals surface area contributed by atoms with E-state index in [2.05, 4.69) is 30.4 Å². The molecular formula is C9H17NOS2. The third kappa shape index (κ3) is 4.72. The number of nitrogens with one attached hydrogen (secondary N) is 1. The first-order chi connectivity index (χ1) is 6.33. The first-order valence-electron chi connectivity index (χ1n) is 4.79. The van der Waals surface area contributed by atoms with Gasteiger partial charge in [0, 0.05) is 11.9 Å². The zero-order chi connectivity index (χ0) is 9.52. The highest BCUT2D eigenvalue weighted by Crippen LogP contribution is 2.24. The minimum atomic E-state index is -0.0399. The molecule has 1 unspecified atom stereocenters. The number of rotatable bonds is 5. The highest BCUT2D eigenvalue weighted by atomic mass is 32.2. The van der Waals surface area contributed by atoms with E-state index in [-0.39, 0.29) is 4.77 Å². The number of ether oxygens (including phenoxy) is 1. The second kappa shape index (κ2) is 6.49. The normalized spacial score (nSPS) is 24.5. The highest BCUT2D eigenvalue weighted by Gasteiger charge is 2.15. The van der Waals surface area contributed by atoms with Crippen molar-refractivity contribution in [2.45, 2.75) is 43.8 Å². The molecule has 0 aromatic heterocycles. The average Bonchev–Trinajstić information content (AvgIpc) is 2.51. The molecule has 1 atom stereocenters. The molecule has 76 valence electrons. The van der Waals surface area contributed by atoms with Gasteiger partial charge in [-0.1, -0.05) is 26.2 Å². The Bertz CT molecular complexity index is 173. The molecule has 0 saturated carbocycles. The SMILES string of the molecule is CCCCCCC=C1NSC(S)O1. The maximum Gasteiger partial charge on any atom is 0.208 e. The van der Waals surface area contributed by atoms with Gasteiger partial charge in [0.15, 0.2) is 5.88 Å². The molecule has 0 aliphatic carbocycles. The van der Waals surface area contributed by atoms with Gasteiger partial charge >= 0.3 is 0 Å². The molecule has 0 radical (unpaired) electrons. The Morgan fingerprint density at radius 3 is 3.00 bits per heavy atom. The second-order valence-corrected chi connectivity index (χ2v) is 4.75. The summed E-state index contributed by atoms with van der Waals surface area (Å²) in [7, 11) is 0. The maximum absolute atomic E-state index is 5.34. The molecule has 1 fully saturated rings. The number of hydrogen-bond donors (Lipinski definition) is 2. The van der Waals surface area contributed by atoms with Gasteiger partial charge in [-0.05, 0) is 18.9 Å².